The fourth-order valence-electron chi connectivity index (χ4n) is 3.97. The van der Waals surface area contributed by atoms with Gasteiger partial charge in [0.15, 0.2) is 9.84 Å². The highest BCUT2D eigenvalue weighted by molar-refractivity contribution is 7.93. The molecule has 2 N–H and O–H groups in total. The monoisotopic (exact) mass is 493 g/mol. The highest BCUT2D eigenvalue weighted by Crippen LogP contribution is 2.45. The van der Waals surface area contributed by atoms with Gasteiger partial charge in [-0.25, -0.2) is 12.8 Å². The van der Waals surface area contributed by atoms with Gasteiger partial charge in [0, 0.05) is 17.1 Å². The number of para-hydroxylation sites is 1. The van der Waals surface area contributed by atoms with E-state index in [0.29, 0.717) is 18.9 Å². The van der Waals surface area contributed by atoms with Crippen molar-refractivity contribution in [3.8, 4) is 5.75 Å². The fraction of sp³-hybridized carbons (Fsp3) is 0.381. The number of sulfone groups is 1. The number of halogens is 5. The molecular weight excluding hydrogens is 474 g/mol. The van der Waals surface area contributed by atoms with Gasteiger partial charge >= 0.3 is 6.18 Å². The number of hydrogen-bond donors (Lipinski definition) is 2. The lowest BCUT2D eigenvalue weighted by Crippen LogP contribution is -2.50. The molecule has 5 nitrogen and oxygen atoms in total. The fourth-order valence-corrected chi connectivity index (χ4v) is 6.36. The van der Waals surface area contributed by atoms with Gasteiger partial charge < -0.3 is 10.4 Å². The zero-order chi connectivity index (χ0) is 23.7. The van der Waals surface area contributed by atoms with Gasteiger partial charge in [-0.3, -0.25) is 4.79 Å². The van der Waals surface area contributed by atoms with E-state index in [-0.39, 0.29) is 23.4 Å². The average Bonchev–Trinajstić information content (AvgIpc) is 2.71. The highest BCUT2D eigenvalue weighted by atomic mass is 35.5. The molecule has 0 aliphatic heterocycles. The number of nitrogens with one attached hydrogen (secondary N) is 1. The van der Waals surface area contributed by atoms with Crippen LogP contribution >= 0.6 is 11.6 Å². The molecule has 1 aliphatic rings. The first kappa shape index (κ1) is 24.3. The lowest BCUT2D eigenvalue weighted by atomic mass is 9.88. The minimum Gasteiger partial charge on any atom is -0.506 e. The first-order chi connectivity index (χ1) is 14.9. The van der Waals surface area contributed by atoms with Gasteiger partial charge in [-0.15, -0.1) is 0 Å². The summed E-state index contributed by atoms with van der Waals surface area (Å²) < 4.78 is 78.6. The number of carbonyl (C=O) groups is 1. The average molecular weight is 494 g/mol. The summed E-state index contributed by atoms with van der Waals surface area (Å²) in [5.74, 6) is -2.90. The van der Waals surface area contributed by atoms with E-state index in [1.165, 1.54) is 6.07 Å². The largest absolute Gasteiger partial charge is 0.506 e. The van der Waals surface area contributed by atoms with Crippen LogP contribution in [0.4, 0.5) is 17.6 Å². The van der Waals surface area contributed by atoms with E-state index >= 15 is 0 Å². The van der Waals surface area contributed by atoms with Gasteiger partial charge in [-0.1, -0.05) is 36.9 Å². The van der Waals surface area contributed by atoms with Crippen LogP contribution in [0.5, 0.6) is 5.75 Å². The van der Waals surface area contributed by atoms with E-state index in [0.717, 1.165) is 30.7 Å². The van der Waals surface area contributed by atoms with Gasteiger partial charge in [0.1, 0.15) is 16.5 Å². The summed E-state index contributed by atoms with van der Waals surface area (Å²) in [6.07, 6.45) is -3.12. The molecule has 0 unspecified atom stereocenters. The van der Waals surface area contributed by atoms with Gasteiger partial charge in [-0.05, 0) is 43.2 Å². The molecule has 0 atom stereocenters. The third-order valence-corrected chi connectivity index (χ3v) is 8.44. The molecule has 32 heavy (non-hydrogen) atoms. The summed E-state index contributed by atoms with van der Waals surface area (Å²) in [7, 11) is -4.50. The molecule has 0 spiro atoms. The van der Waals surface area contributed by atoms with Crippen LogP contribution in [-0.4, -0.2) is 30.7 Å². The minimum absolute atomic E-state index is 0.0240. The number of phenols is 1. The molecule has 1 amide bonds. The Balaban J connectivity index is 1.98. The van der Waals surface area contributed by atoms with Gasteiger partial charge in [0.2, 0.25) is 0 Å². The molecule has 0 saturated heterocycles. The molecule has 0 heterocycles. The van der Waals surface area contributed by atoms with Crippen molar-refractivity contribution in [1.82, 2.24) is 5.32 Å². The molecule has 1 aliphatic carbocycles. The van der Waals surface area contributed by atoms with Crippen LogP contribution in [0.15, 0.2) is 41.3 Å². The van der Waals surface area contributed by atoms with E-state index in [2.05, 4.69) is 5.32 Å². The molecule has 2 aromatic carbocycles. The zero-order valence-electron chi connectivity index (χ0n) is 16.7. The van der Waals surface area contributed by atoms with Gasteiger partial charge in [0.25, 0.3) is 5.91 Å². The van der Waals surface area contributed by atoms with Crippen molar-refractivity contribution in [3.63, 3.8) is 0 Å². The second-order valence-corrected chi connectivity index (χ2v) is 10.5. The third kappa shape index (κ3) is 4.71. The number of aromatic hydroxyl groups is 1. The molecule has 3 rings (SSSR count). The van der Waals surface area contributed by atoms with E-state index in [9.17, 15) is 35.9 Å². The standard InChI is InChI=1S/C21H20ClF4NO4S/c22-14-9-13(10-15(23)11-14)19(29)27-12-20(7-2-1-3-8-20)32(30,31)17-6-4-5-16(18(17)28)21(24,25)26/h4-6,9-11,28H,1-3,7-8,12H2,(H,27,29). The number of rotatable bonds is 5. The van der Waals surface area contributed by atoms with Crippen LogP contribution in [0.25, 0.3) is 0 Å². The number of hydrogen-bond acceptors (Lipinski definition) is 4. The maximum absolute atomic E-state index is 13.6. The van der Waals surface area contributed by atoms with Crippen LogP contribution in [0.1, 0.15) is 48.0 Å². The van der Waals surface area contributed by atoms with Crippen molar-refractivity contribution < 1.29 is 35.9 Å². The Morgan fingerprint density at radius 1 is 1.12 bits per heavy atom. The first-order valence-electron chi connectivity index (χ1n) is 9.75. The van der Waals surface area contributed by atoms with Gasteiger partial charge in [-0.2, -0.15) is 13.2 Å². The van der Waals surface area contributed by atoms with Crippen LogP contribution in [0.2, 0.25) is 5.02 Å². The number of benzene rings is 2. The third-order valence-electron chi connectivity index (χ3n) is 5.62. The number of phenolic OH excluding ortho intramolecular Hbond substituents is 1. The Kier molecular flexibility index (Phi) is 6.76. The quantitative estimate of drug-likeness (QED) is 0.567. The topological polar surface area (TPSA) is 83.5 Å². The predicted octanol–water partition coefficient (Wildman–Crippen LogP) is 5.11. The van der Waals surface area contributed by atoms with Crippen LogP contribution in [0, 0.1) is 5.82 Å². The summed E-state index contributed by atoms with van der Waals surface area (Å²) in [4.78, 5) is 11.7. The lowest BCUT2D eigenvalue weighted by Gasteiger charge is -2.37. The Labute approximate surface area is 187 Å². The lowest BCUT2D eigenvalue weighted by molar-refractivity contribution is -0.139. The van der Waals surface area contributed by atoms with Crippen LogP contribution in [-0.2, 0) is 16.0 Å². The molecule has 0 radical (unpaired) electrons. The summed E-state index contributed by atoms with van der Waals surface area (Å²) in [5, 5.41) is 12.6. The molecule has 174 valence electrons. The van der Waals surface area contributed by atoms with E-state index in [1.54, 1.807) is 0 Å². The van der Waals surface area contributed by atoms with Crippen LogP contribution < -0.4 is 5.32 Å². The van der Waals surface area contributed by atoms with Gasteiger partial charge in [0.05, 0.1) is 10.3 Å². The van der Waals surface area contributed by atoms with E-state index in [1.807, 2.05) is 0 Å². The number of amides is 1. The normalized spacial score (nSPS) is 16.5. The maximum atomic E-state index is 13.6. The Morgan fingerprint density at radius 2 is 1.78 bits per heavy atom. The van der Waals surface area contributed by atoms with Crippen molar-refractivity contribution in [2.24, 2.45) is 0 Å². The van der Waals surface area contributed by atoms with E-state index < -0.39 is 55.2 Å². The van der Waals surface area contributed by atoms with Crippen molar-refractivity contribution in [2.45, 2.75) is 47.9 Å². The van der Waals surface area contributed by atoms with Crippen molar-refractivity contribution in [1.29, 1.82) is 0 Å². The number of carbonyl (C=O) groups excluding carboxylic acids is 1. The maximum Gasteiger partial charge on any atom is 0.419 e. The summed E-state index contributed by atoms with van der Waals surface area (Å²) >= 11 is 5.76. The second-order valence-electron chi connectivity index (χ2n) is 7.74. The highest BCUT2D eigenvalue weighted by Gasteiger charge is 2.48. The summed E-state index contributed by atoms with van der Waals surface area (Å²) in [6.45, 7) is -0.419. The molecule has 0 aromatic heterocycles. The molecular formula is C21H20ClF4NO4S. The zero-order valence-corrected chi connectivity index (χ0v) is 18.2. The molecule has 2 aromatic rings. The van der Waals surface area contributed by atoms with E-state index in [4.69, 9.17) is 11.6 Å². The second kappa shape index (κ2) is 8.90. The predicted molar refractivity (Wildman–Crippen MR) is 110 cm³/mol. The SMILES string of the molecule is O=C(NCC1(S(=O)(=O)c2cccc(C(F)(F)F)c2O)CCCCC1)c1cc(F)cc(Cl)c1. The molecule has 1 fully saturated rings. The summed E-state index contributed by atoms with van der Waals surface area (Å²) in [5.41, 5.74) is -1.58. The molecule has 11 heteroatoms. The first-order valence-corrected chi connectivity index (χ1v) is 11.6. The summed E-state index contributed by atoms with van der Waals surface area (Å²) in [6, 6.07) is 5.57. The minimum atomic E-state index is -4.94. The van der Waals surface area contributed by atoms with Crippen molar-refractivity contribution in [3.05, 3.63) is 58.4 Å². The Bertz CT molecular complexity index is 1110. The number of alkyl halides is 3. The Morgan fingerprint density at radius 3 is 2.38 bits per heavy atom. The van der Waals surface area contributed by atoms with Crippen molar-refractivity contribution >= 4 is 27.3 Å². The van der Waals surface area contributed by atoms with Crippen LogP contribution in [0.3, 0.4) is 0 Å². The smallest absolute Gasteiger partial charge is 0.419 e. The van der Waals surface area contributed by atoms with Crippen molar-refractivity contribution in [2.75, 3.05) is 6.54 Å². The molecule has 1 saturated carbocycles. The Hall–Kier alpha value is -2.33. The molecule has 0 bridgehead atoms.